The maximum absolute atomic E-state index is 12.7. The Hall–Kier alpha value is -3.24. The van der Waals surface area contributed by atoms with E-state index in [9.17, 15) is 14.7 Å². The number of carbonyl (C=O) groups is 2. The van der Waals surface area contributed by atoms with E-state index in [1.165, 1.54) is 4.90 Å². The Bertz CT molecular complexity index is 945. The standard InChI is InChI=1S/C23H29N5O5/c29-15-19-14-28(9-10-33-19)22(30)18-3-1-17(2-4-18)20-12-26-21(13-24-20)25-11-16-5-7-27(8-6-16)23(31)32/h1-4,12-13,16,19,29H,5-11,14-15H2,(H,25,26)(H,31,32). The number of benzene rings is 1. The van der Waals surface area contributed by atoms with Gasteiger partial charge in [-0.05, 0) is 30.9 Å². The second-order valence-electron chi connectivity index (χ2n) is 8.38. The second-order valence-corrected chi connectivity index (χ2v) is 8.38. The predicted octanol–water partition coefficient (Wildman–Crippen LogP) is 1.78. The fourth-order valence-corrected chi connectivity index (χ4v) is 4.13. The van der Waals surface area contributed by atoms with E-state index < -0.39 is 6.09 Å². The van der Waals surface area contributed by atoms with Gasteiger partial charge in [-0.2, -0.15) is 0 Å². The lowest BCUT2D eigenvalue weighted by atomic mass is 9.97. The lowest BCUT2D eigenvalue weighted by molar-refractivity contribution is -0.0447. The van der Waals surface area contributed by atoms with E-state index >= 15 is 0 Å². The number of rotatable bonds is 6. The second kappa shape index (κ2) is 10.6. The van der Waals surface area contributed by atoms with Crippen molar-refractivity contribution in [1.82, 2.24) is 19.8 Å². The van der Waals surface area contributed by atoms with Gasteiger partial charge in [0.05, 0.1) is 37.4 Å². The summed E-state index contributed by atoms with van der Waals surface area (Å²) in [7, 11) is 0. The number of carboxylic acid groups (broad SMARTS) is 1. The van der Waals surface area contributed by atoms with Crippen LogP contribution in [0.25, 0.3) is 11.3 Å². The molecule has 176 valence electrons. The zero-order valence-electron chi connectivity index (χ0n) is 18.4. The maximum atomic E-state index is 12.7. The third-order valence-corrected chi connectivity index (χ3v) is 6.17. The summed E-state index contributed by atoms with van der Waals surface area (Å²) in [5, 5.41) is 21.6. The molecule has 2 aliphatic rings. The first-order valence-corrected chi connectivity index (χ1v) is 11.2. The van der Waals surface area contributed by atoms with Crippen LogP contribution in [0.1, 0.15) is 23.2 Å². The predicted molar refractivity (Wildman–Crippen MR) is 121 cm³/mol. The fraction of sp³-hybridized carbons (Fsp3) is 0.478. The molecule has 3 heterocycles. The third-order valence-electron chi connectivity index (χ3n) is 6.17. The van der Waals surface area contributed by atoms with Crippen LogP contribution in [-0.2, 0) is 4.74 Å². The molecule has 0 spiro atoms. The molecule has 2 aliphatic heterocycles. The normalized spacial score (nSPS) is 19.4. The summed E-state index contributed by atoms with van der Waals surface area (Å²) in [6, 6.07) is 7.26. The molecule has 2 saturated heterocycles. The molecule has 10 nitrogen and oxygen atoms in total. The van der Waals surface area contributed by atoms with Gasteiger partial charge < -0.3 is 30.1 Å². The Kier molecular flexibility index (Phi) is 7.36. The van der Waals surface area contributed by atoms with Crippen LogP contribution in [-0.4, -0.2) is 94.0 Å². The minimum absolute atomic E-state index is 0.0804. The Balaban J connectivity index is 1.30. The molecule has 1 aromatic carbocycles. The number of aliphatic hydroxyl groups excluding tert-OH is 1. The molecule has 2 aromatic rings. The zero-order valence-corrected chi connectivity index (χ0v) is 18.4. The van der Waals surface area contributed by atoms with E-state index in [0.29, 0.717) is 55.8 Å². The SMILES string of the molecule is O=C(O)N1CCC(CNc2cnc(-c3ccc(C(=O)N4CCOC(CO)C4)cc3)cn2)CC1. The number of ether oxygens (including phenoxy) is 1. The number of likely N-dealkylation sites (tertiary alicyclic amines) is 1. The molecular formula is C23H29N5O5. The van der Waals surface area contributed by atoms with Gasteiger partial charge in [0.25, 0.3) is 5.91 Å². The number of nitrogens with one attached hydrogen (secondary N) is 1. The molecule has 4 rings (SSSR count). The van der Waals surface area contributed by atoms with Crippen LogP contribution >= 0.6 is 0 Å². The minimum atomic E-state index is -0.850. The van der Waals surface area contributed by atoms with Gasteiger partial charge in [-0.1, -0.05) is 12.1 Å². The van der Waals surface area contributed by atoms with Gasteiger partial charge >= 0.3 is 6.09 Å². The number of hydrogen-bond donors (Lipinski definition) is 3. The van der Waals surface area contributed by atoms with E-state index in [0.717, 1.165) is 24.9 Å². The summed E-state index contributed by atoms with van der Waals surface area (Å²) in [5.41, 5.74) is 2.15. The highest BCUT2D eigenvalue weighted by Crippen LogP contribution is 2.21. The van der Waals surface area contributed by atoms with E-state index in [1.54, 1.807) is 29.4 Å². The van der Waals surface area contributed by atoms with Crippen molar-refractivity contribution >= 4 is 17.8 Å². The Morgan fingerprint density at radius 3 is 2.45 bits per heavy atom. The van der Waals surface area contributed by atoms with Gasteiger partial charge in [-0.15, -0.1) is 0 Å². The average molecular weight is 456 g/mol. The van der Waals surface area contributed by atoms with Crippen molar-refractivity contribution in [1.29, 1.82) is 0 Å². The highest BCUT2D eigenvalue weighted by Gasteiger charge is 2.25. The molecule has 1 unspecified atom stereocenters. The first-order chi connectivity index (χ1) is 16.0. The number of anilines is 1. The molecule has 0 radical (unpaired) electrons. The van der Waals surface area contributed by atoms with Crippen LogP contribution in [0.5, 0.6) is 0 Å². The summed E-state index contributed by atoms with van der Waals surface area (Å²) >= 11 is 0. The van der Waals surface area contributed by atoms with Crippen molar-refractivity contribution in [2.45, 2.75) is 18.9 Å². The number of piperidine rings is 1. The lowest BCUT2D eigenvalue weighted by Crippen LogP contribution is -2.46. The monoisotopic (exact) mass is 455 g/mol. The van der Waals surface area contributed by atoms with Crippen LogP contribution < -0.4 is 5.32 Å². The molecule has 33 heavy (non-hydrogen) atoms. The summed E-state index contributed by atoms with van der Waals surface area (Å²) in [4.78, 5) is 35.8. The summed E-state index contributed by atoms with van der Waals surface area (Å²) < 4.78 is 5.41. The van der Waals surface area contributed by atoms with Crippen molar-refractivity contribution < 1.29 is 24.5 Å². The van der Waals surface area contributed by atoms with E-state index in [2.05, 4.69) is 15.3 Å². The topological polar surface area (TPSA) is 128 Å². The fourth-order valence-electron chi connectivity index (χ4n) is 4.13. The van der Waals surface area contributed by atoms with Crippen LogP contribution in [0, 0.1) is 5.92 Å². The number of carbonyl (C=O) groups excluding carboxylic acids is 1. The highest BCUT2D eigenvalue weighted by molar-refractivity contribution is 5.94. The highest BCUT2D eigenvalue weighted by atomic mass is 16.5. The number of morpholine rings is 1. The Morgan fingerprint density at radius 2 is 1.82 bits per heavy atom. The minimum Gasteiger partial charge on any atom is -0.465 e. The molecule has 10 heteroatoms. The van der Waals surface area contributed by atoms with Crippen LogP contribution in [0.2, 0.25) is 0 Å². The first kappa shape index (κ1) is 22.9. The van der Waals surface area contributed by atoms with Crippen molar-refractivity contribution in [2.24, 2.45) is 5.92 Å². The summed E-state index contributed by atoms with van der Waals surface area (Å²) in [6.07, 6.45) is 3.87. The number of nitrogens with zero attached hydrogens (tertiary/aromatic N) is 4. The number of hydrogen-bond acceptors (Lipinski definition) is 7. The maximum Gasteiger partial charge on any atom is 0.407 e. The van der Waals surface area contributed by atoms with E-state index in [1.807, 2.05) is 12.1 Å². The number of amides is 2. The first-order valence-electron chi connectivity index (χ1n) is 11.2. The molecule has 0 aliphatic carbocycles. The molecule has 1 atom stereocenters. The Labute approximate surface area is 192 Å². The zero-order chi connectivity index (χ0) is 23.2. The molecular weight excluding hydrogens is 426 g/mol. The molecule has 1 aromatic heterocycles. The van der Waals surface area contributed by atoms with Crippen molar-refractivity contribution in [2.75, 3.05) is 51.3 Å². The van der Waals surface area contributed by atoms with Crippen molar-refractivity contribution in [3.63, 3.8) is 0 Å². The third kappa shape index (κ3) is 5.77. The molecule has 2 fully saturated rings. The summed E-state index contributed by atoms with van der Waals surface area (Å²) in [6.45, 7) is 3.09. The number of aliphatic hydroxyl groups is 1. The van der Waals surface area contributed by atoms with Crippen molar-refractivity contribution in [3.8, 4) is 11.3 Å². The van der Waals surface area contributed by atoms with Gasteiger partial charge in [0.2, 0.25) is 0 Å². The Morgan fingerprint density at radius 1 is 1.06 bits per heavy atom. The average Bonchev–Trinajstić information content (AvgIpc) is 2.87. The van der Waals surface area contributed by atoms with Gasteiger partial charge in [0, 0.05) is 43.9 Å². The molecule has 3 N–H and O–H groups in total. The largest absolute Gasteiger partial charge is 0.465 e. The van der Waals surface area contributed by atoms with Crippen LogP contribution in [0.15, 0.2) is 36.7 Å². The van der Waals surface area contributed by atoms with Crippen LogP contribution in [0.4, 0.5) is 10.6 Å². The summed E-state index contributed by atoms with van der Waals surface area (Å²) in [5.74, 6) is 1.01. The van der Waals surface area contributed by atoms with Gasteiger partial charge in [0.15, 0.2) is 0 Å². The van der Waals surface area contributed by atoms with Gasteiger partial charge in [-0.25, -0.2) is 9.78 Å². The molecule has 2 amide bonds. The van der Waals surface area contributed by atoms with Gasteiger partial charge in [-0.3, -0.25) is 9.78 Å². The van der Waals surface area contributed by atoms with Crippen LogP contribution in [0.3, 0.4) is 0 Å². The van der Waals surface area contributed by atoms with E-state index in [-0.39, 0.29) is 18.6 Å². The van der Waals surface area contributed by atoms with Gasteiger partial charge in [0.1, 0.15) is 5.82 Å². The number of aromatic nitrogens is 2. The quantitative estimate of drug-likeness (QED) is 0.601. The van der Waals surface area contributed by atoms with Crippen molar-refractivity contribution in [3.05, 3.63) is 42.2 Å². The lowest BCUT2D eigenvalue weighted by Gasteiger charge is -2.32. The molecule has 0 bridgehead atoms. The molecule has 0 saturated carbocycles. The smallest absolute Gasteiger partial charge is 0.407 e. The van der Waals surface area contributed by atoms with E-state index in [4.69, 9.17) is 9.84 Å².